The monoisotopic (exact) mass is 671 g/mol. The first-order chi connectivity index (χ1) is 21.8. The summed E-state index contributed by atoms with van der Waals surface area (Å²) in [6, 6.07) is 16.5. The molecule has 6 N–H and O–H groups in total. The zero-order valence-electron chi connectivity index (χ0n) is 23.1. The van der Waals surface area contributed by atoms with Crippen molar-refractivity contribution in [1.29, 1.82) is 0 Å². The van der Waals surface area contributed by atoms with Crippen LogP contribution in [0.25, 0.3) is 10.8 Å². The van der Waals surface area contributed by atoms with E-state index in [0.717, 1.165) is 12.1 Å². The molecule has 46 heavy (non-hydrogen) atoms. The molecule has 5 aromatic rings. The van der Waals surface area contributed by atoms with Gasteiger partial charge in [-0.15, -0.1) is 10.2 Å². The normalized spacial score (nSPS) is 12.0. The van der Waals surface area contributed by atoms with Crippen LogP contribution < -0.4 is 15.4 Å². The molecule has 16 nitrogen and oxygen atoms in total. The second-order valence-corrected chi connectivity index (χ2v) is 12.0. The maximum Gasteiger partial charge on any atom is 0.315 e. The highest BCUT2D eigenvalue weighted by Gasteiger charge is 2.23. The molecule has 0 bridgehead atoms. The van der Waals surface area contributed by atoms with Crippen LogP contribution in [0.3, 0.4) is 0 Å². The number of hydrogen-bond acceptors (Lipinski definition) is 14. The number of aliphatic hydroxyl groups is 1. The van der Waals surface area contributed by atoms with Gasteiger partial charge < -0.3 is 25.6 Å². The van der Waals surface area contributed by atoms with Crippen molar-refractivity contribution in [1.82, 2.24) is 15.0 Å². The first-order valence-corrected chi connectivity index (χ1v) is 15.7. The van der Waals surface area contributed by atoms with Crippen molar-refractivity contribution in [2.45, 2.75) is 9.79 Å². The minimum absolute atomic E-state index is 0.0468. The quantitative estimate of drug-likeness (QED) is 0.0828. The number of anilines is 4. The number of phenolic OH excluding ortho intramolecular Hbond substituents is 1. The summed E-state index contributed by atoms with van der Waals surface area (Å²) in [7, 11) is -9.74. The van der Waals surface area contributed by atoms with E-state index in [2.05, 4.69) is 35.8 Å². The molecule has 0 aliphatic rings. The lowest BCUT2D eigenvalue weighted by Crippen LogP contribution is -2.06. The lowest BCUT2D eigenvalue weighted by Gasteiger charge is -2.12. The van der Waals surface area contributed by atoms with Crippen LogP contribution in [-0.2, 0) is 20.2 Å². The van der Waals surface area contributed by atoms with Gasteiger partial charge in [-0.25, -0.2) is 0 Å². The van der Waals surface area contributed by atoms with Crippen molar-refractivity contribution in [2.75, 3.05) is 23.8 Å². The van der Waals surface area contributed by atoms with Crippen LogP contribution in [-0.4, -0.2) is 64.3 Å². The number of fused-ring (bicyclic) bond motifs is 1. The van der Waals surface area contributed by atoms with Gasteiger partial charge >= 0.3 is 6.08 Å². The van der Waals surface area contributed by atoms with Gasteiger partial charge in [-0.3, -0.25) is 9.11 Å². The van der Waals surface area contributed by atoms with Gasteiger partial charge in [0.2, 0.25) is 11.9 Å². The van der Waals surface area contributed by atoms with E-state index in [1.807, 2.05) is 0 Å². The molecule has 0 aliphatic carbocycles. The fraction of sp³-hybridized carbons (Fsp3) is 0.0741. The van der Waals surface area contributed by atoms with Crippen LogP contribution in [0, 0.1) is 6.08 Å². The zero-order valence-corrected chi connectivity index (χ0v) is 24.7. The fourth-order valence-electron chi connectivity index (χ4n) is 4.10. The third-order valence-electron chi connectivity index (χ3n) is 6.06. The van der Waals surface area contributed by atoms with Crippen LogP contribution >= 0.6 is 0 Å². The number of rotatable bonds is 11. The maximum atomic E-state index is 14.3. The summed E-state index contributed by atoms with van der Waals surface area (Å²) >= 11 is 0. The van der Waals surface area contributed by atoms with Crippen molar-refractivity contribution in [3.8, 4) is 11.5 Å². The van der Waals surface area contributed by atoms with Crippen molar-refractivity contribution in [2.24, 2.45) is 10.2 Å². The molecule has 0 spiro atoms. The minimum Gasteiger partial charge on any atom is -0.505 e. The third kappa shape index (κ3) is 7.47. The number of aromatic hydroxyl groups is 1. The Morgan fingerprint density at radius 3 is 2.07 bits per heavy atom. The number of aromatic nitrogens is 3. The molecule has 1 heterocycles. The standard InChI is InChI=1S/C27H22FN7O9S2/c28-25-31-26(29-16-5-8-18(9-6-16)44-12-11-36)33-27(32-25)30-17-7-10-19-15(13-17)14-22(46(41,42)43)23(24(19)37)35-34-20-3-1-2-4-21(20)45(38,39)40/h1-10,13-14,36-37H,11-12H2,(H,38,39,40)(H,41,42,43)(H2,29,30,31,32,33). The van der Waals surface area contributed by atoms with E-state index in [1.165, 1.54) is 36.4 Å². The SMILES string of the molecule is O=S(=O)(O)c1ccccc1N=Nc1c(S(=O)(=O)O)cc2cc(Nc3nc(F)nc(Nc4ccc(OCCO)cc4)n3)ccc2c1O. The predicted molar refractivity (Wildman–Crippen MR) is 161 cm³/mol. The Morgan fingerprint density at radius 2 is 1.41 bits per heavy atom. The Morgan fingerprint density at radius 1 is 0.783 bits per heavy atom. The number of halogens is 1. The number of benzene rings is 4. The number of nitrogens with one attached hydrogen (secondary N) is 2. The lowest BCUT2D eigenvalue weighted by molar-refractivity contribution is 0.201. The summed E-state index contributed by atoms with van der Waals surface area (Å²) < 4.78 is 86.7. The smallest absolute Gasteiger partial charge is 0.315 e. The molecule has 4 aromatic carbocycles. The van der Waals surface area contributed by atoms with Gasteiger partial charge in [-0.2, -0.15) is 36.2 Å². The zero-order chi connectivity index (χ0) is 33.1. The second-order valence-electron chi connectivity index (χ2n) is 9.22. The fourth-order valence-corrected chi connectivity index (χ4v) is 5.38. The summed E-state index contributed by atoms with van der Waals surface area (Å²) in [5.74, 6) is -0.618. The van der Waals surface area contributed by atoms with Crippen molar-refractivity contribution < 1.29 is 45.3 Å². The van der Waals surface area contributed by atoms with E-state index < -0.39 is 47.5 Å². The van der Waals surface area contributed by atoms with E-state index in [0.29, 0.717) is 11.4 Å². The Bertz CT molecular complexity index is 2180. The molecule has 0 fully saturated rings. The number of azo groups is 1. The summed E-state index contributed by atoms with van der Waals surface area (Å²) in [5, 5.41) is 32.8. The molecule has 19 heteroatoms. The predicted octanol–water partition coefficient (Wildman–Crippen LogP) is 4.64. The van der Waals surface area contributed by atoms with Gasteiger partial charge in [0.05, 0.1) is 6.61 Å². The summed E-state index contributed by atoms with van der Waals surface area (Å²) in [6.45, 7) is -0.0303. The van der Waals surface area contributed by atoms with E-state index in [9.17, 15) is 35.4 Å². The van der Waals surface area contributed by atoms with Gasteiger partial charge in [0.15, 0.2) is 5.75 Å². The summed E-state index contributed by atoms with van der Waals surface area (Å²) in [4.78, 5) is 9.85. The highest BCUT2D eigenvalue weighted by atomic mass is 32.2. The lowest BCUT2D eigenvalue weighted by atomic mass is 10.1. The molecular formula is C27H22FN7O9S2. The van der Waals surface area contributed by atoms with E-state index in [1.54, 1.807) is 24.3 Å². The molecule has 0 unspecified atom stereocenters. The Kier molecular flexibility index (Phi) is 9.03. The molecule has 0 atom stereocenters. The average molecular weight is 672 g/mol. The van der Waals surface area contributed by atoms with E-state index in [-0.39, 0.29) is 47.3 Å². The van der Waals surface area contributed by atoms with Gasteiger partial charge in [0.1, 0.15) is 33.5 Å². The number of ether oxygens (including phenoxy) is 1. The molecule has 0 amide bonds. The van der Waals surface area contributed by atoms with Crippen LogP contribution in [0.15, 0.2) is 92.8 Å². The first-order valence-electron chi connectivity index (χ1n) is 12.9. The number of phenols is 1. The van der Waals surface area contributed by atoms with Crippen molar-refractivity contribution >= 4 is 65.7 Å². The van der Waals surface area contributed by atoms with Crippen LogP contribution in [0.4, 0.5) is 39.0 Å². The number of nitrogens with zero attached hydrogens (tertiary/aromatic N) is 5. The molecule has 0 saturated heterocycles. The Labute approximate surface area is 259 Å². The van der Waals surface area contributed by atoms with Crippen molar-refractivity contribution in [3.63, 3.8) is 0 Å². The molecule has 0 saturated carbocycles. The molecular weight excluding hydrogens is 649 g/mol. The van der Waals surface area contributed by atoms with E-state index >= 15 is 0 Å². The van der Waals surface area contributed by atoms with E-state index in [4.69, 9.17) is 9.84 Å². The highest BCUT2D eigenvalue weighted by molar-refractivity contribution is 7.86. The highest BCUT2D eigenvalue weighted by Crippen LogP contribution is 2.42. The second kappa shape index (κ2) is 12.9. The van der Waals surface area contributed by atoms with Gasteiger partial charge in [0.25, 0.3) is 20.2 Å². The minimum atomic E-state index is -5.02. The molecule has 0 radical (unpaired) electrons. The Hall–Kier alpha value is -5.34. The molecule has 238 valence electrons. The van der Waals surface area contributed by atoms with Crippen LogP contribution in [0.5, 0.6) is 11.5 Å². The van der Waals surface area contributed by atoms with Crippen LogP contribution in [0.1, 0.15) is 0 Å². The maximum absolute atomic E-state index is 14.3. The third-order valence-corrected chi connectivity index (χ3v) is 7.83. The largest absolute Gasteiger partial charge is 0.505 e. The first kappa shape index (κ1) is 32.1. The van der Waals surface area contributed by atoms with Gasteiger partial charge in [0, 0.05) is 16.8 Å². The summed E-state index contributed by atoms with van der Waals surface area (Å²) in [5.41, 5.74) is -0.371. The van der Waals surface area contributed by atoms with Crippen LogP contribution in [0.2, 0.25) is 0 Å². The van der Waals surface area contributed by atoms with Gasteiger partial charge in [-0.05, 0) is 66.0 Å². The topological polar surface area (TPSA) is 246 Å². The van der Waals surface area contributed by atoms with Crippen molar-refractivity contribution in [3.05, 3.63) is 78.9 Å². The molecule has 1 aromatic heterocycles. The van der Waals surface area contributed by atoms with Gasteiger partial charge in [-0.1, -0.05) is 12.1 Å². The molecule has 5 rings (SSSR count). The summed E-state index contributed by atoms with van der Waals surface area (Å²) in [6.07, 6.45) is -1.12. The average Bonchev–Trinajstić information content (AvgIpc) is 2.99. The Balaban J connectivity index is 1.46. The molecule has 0 aliphatic heterocycles. The number of hydrogen-bond donors (Lipinski definition) is 6. The number of aliphatic hydroxyl groups excluding tert-OH is 1.